The van der Waals surface area contributed by atoms with Crippen molar-refractivity contribution in [3.05, 3.63) is 24.3 Å². The maximum atomic E-state index is 12.2. The van der Waals surface area contributed by atoms with Crippen LogP contribution in [0.3, 0.4) is 0 Å². The van der Waals surface area contributed by atoms with Crippen LogP contribution in [-0.2, 0) is 0 Å². The molecule has 1 heterocycles. The molecule has 0 radical (unpaired) electrons. The number of amides is 1. The fourth-order valence-electron chi connectivity index (χ4n) is 1.50. The molecule has 0 atom stereocenters. The van der Waals surface area contributed by atoms with Crippen LogP contribution in [0, 0.1) is 5.41 Å². The largest absolute Gasteiger partial charge is 0.338 e. The molecule has 0 spiro atoms. The number of hydrogen-bond donors (Lipinski definition) is 1. The predicted octanol–water partition coefficient (Wildman–Crippen LogP) is 0.924. The molecular weight excluding hydrogens is 216 g/mol. The van der Waals surface area contributed by atoms with E-state index in [4.69, 9.17) is 5.73 Å². The van der Waals surface area contributed by atoms with E-state index >= 15 is 0 Å². The van der Waals surface area contributed by atoms with Crippen LogP contribution in [0.1, 0.15) is 31.1 Å². The van der Waals surface area contributed by atoms with E-state index in [9.17, 15) is 4.79 Å². The Morgan fingerprint density at radius 3 is 2.47 bits per heavy atom. The van der Waals surface area contributed by atoms with Crippen LogP contribution in [0.25, 0.3) is 0 Å². The standard InChI is InChI=1S/C12H20N4O/c1-4-16(8-12(2,3)7-13)11(17)10-5-14-9-15-6-10/h5-6,9H,4,7-8,13H2,1-3H3. The molecule has 0 saturated carbocycles. The first-order chi connectivity index (χ1) is 8.00. The number of carbonyl (C=O) groups excluding carboxylic acids is 1. The lowest BCUT2D eigenvalue weighted by molar-refractivity contribution is 0.0700. The van der Waals surface area contributed by atoms with E-state index in [0.29, 0.717) is 25.2 Å². The van der Waals surface area contributed by atoms with Gasteiger partial charge >= 0.3 is 0 Å². The molecule has 0 saturated heterocycles. The van der Waals surface area contributed by atoms with E-state index in [1.165, 1.54) is 18.7 Å². The topological polar surface area (TPSA) is 72.1 Å². The number of nitrogens with zero attached hydrogens (tertiary/aromatic N) is 3. The van der Waals surface area contributed by atoms with Gasteiger partial charge < -0.3 is 10.6 Å². The number of aromatic nitrogens is 2. The molecule has 0 aliphatic carbocycles. The summed E-state index contributed by atoms with van der Waals surface area (Å²) >= 11 is 0. The summed E-state index contributed by atoms with van der Waals surface area (Å²) in [6.45, 7) is 7.87. The Labute approximate surface area is 102 Å². The molecule has 5 nitrogen and oxygen atoms in total. The van der Waals surface area contributed by atoms with E-state index in [2.05, 4.69) is 9.97 Å². The summed E-state index contributed by atoms with van der Waals surface area (Å²) in [5.74, 6) is -0.0466. The van der Waals surface area contributed by atoms with Crippen molar-refractivity contribution in [2.75, 3.05) is 19.6 Å². The third-order valence-corrected chi connectivity index (χ3v) is 2.65. The van der Waals surface area contributed by atoms with Gasteiger partial charge in [-0.3, -0.25) is 4.79 Å². The Kier molecular flexibility index (Phi) is 4.57. The summed E-state index contributed by atoms with van der Waals surface area (Å²) < 4.78 is 0. The molecule has 1 rings (SSSR count). The molecule has 1 aromatic rings. The molecule has 0 aliphatic rings. The highest BCUT2D eigenvalue weighted by molar-refractivity contribution is 5.93. The highest BCUT2D eigenvalue weighted by atomic mass is 16.2. The van der Waals surface area contributed by atoms with Crippen molar-refractivity contribution in [1.82, 2.24) is 14.9 Å². The quantitative estimate of drug-likeness (QED) is 0.825. The van der Waals surface area contributed by atoms with Gasteiger partial charge in [0.2, 0.25) is 0 Å². The first kappa shape index (κ1) is 13.6. The van der Waals surface area contributed by atoms with E-state index < -0.39 is 0 Å². The average molecular weight is 236 g/mol. The number of hydrogen-bond acceptors (Lipinski definition) is 4. The van der Waals surface area contributed by atoms with Gasteiger partial charge in [0, 0.05) is 25.5 Å². The molecule has 94 valence electrons. The Morgan fingerprint density at radius 2 is 2.00 bits per heavy atom. The fraction of sp³-hybridized carbons (Fsp3) is 0.583. The minimum atomic E-state index is -0.0820. The van der Waals surface area contributed by atoms with Gasteiger partial charge in [0.05, 0.1) is 5.56 Å². The molecule has 0 unspecified atom stereocenters. The van der Waals surface area contributed by atoms with Crippen molar-refractivity contribution in [3.8, 4) is 0 Å². The Balaban J connectivity index is 2.78. The normalized spacial score (nSPS) is 11.3. The highest BCUT2D eigenvalue weighted by Crippen LogP contribution is 2.16. The van der Waals surface area contributed by atoms with Crippen LogP contribution in [0.2, 0.25) is 0 Å². The SMILES string of the molecule is CCN(CC(C)(C)CN)C(=O)c1cncnc1. The van der Waals surface area contributed by atoms with E-state index in [0.717, 1.165) is 0 Å². The van der Waals surface area contributed by atoms with Crippen molar-refractivity contribution in [1.29, 1.82) is 0 Å². The zero-order valence-corrected chi connectivity index (χ0v) is 10.7. The smallest absolute Gasteiger partial charge is 0.256 e. The molecule has 17 heavy (non-hydrogen) atoms. The third-order valence-electron chi connectivity index (χ3n) is 2.65. The first-order valence-electron chi connectivity index (χ1n) is 5.74. The van der Waals surface area contributed by atoms with Crippen LogP contribution < -0.4 is 5.73 Å². The second-order valence-electron chi connectivity index (χ2n) is 4.81. The van der Waals surface area contributed by atoms with Gasteiger partial charge in [0.15, 0.2) is 0 Å². The maximum Gasteiger partial charge on any atom is 0.256 e. The van der Waals surface area contributed by atoms with Gasteiger partial charge in [0.1, 0.15) is 6.33 Å². The summed E-state index contributed by atoms with van der Waals surface area (Å²) in [6, 6.07) is 0. The predicted molar refractivity (Wildman–Crippen MR) is 66.4 cm³/mol. The Morgan fingerprint density at radius 1 is 1.41 bits per heavy atom. The maximum absolute atomic E-state index is 12.2. The van der Waals surface area contributed by atoms with Crippen molar-refractivity contribution in [3.63, 3.8) is 0 Å². The molecule has 0 fully saturated rings. The molecule has 1 aromatic heterocycles. The Bertz CT molecular complexity index is 364. The van der Waals surface area contributed by atoms with Crippen LogP contribution in [0.15, 0.2) is 18.7 Å². The summed E-state index contributed by atoms with van der Waals surface area (Å²) in [4.78, 5) is 21.7. The second kappa shape index (κ2) is 5.72. The summed E-state index contributed by atoms with van der Waals surface area (Å²) in [5, 5.41) is 0. The van der Waals surface area contributed by atoms with Crippen LogP contribution >= 0.6 is 0 Å². The molecule has 1 amide bonds. The van der Waals surface area contributed by atoms with Crippen molar-refractivity contribution >= 4 is 5.91 Å². The first-order valence-corrected chi connectivity index (χ1v) is 5.74. The van der Waals surface area contributed by atoms with Crippen LogP contribution in [-0.4, -0.2) is 40.4 Å². The summed E-state index contributed by atoms with van der Waals surface area (Å²) in [7, 11) is 0. The number of carbonyl (C=O) groups is 1. The van der Waals surface area contributed by atoms with Crippen molar-refractivity contribution in [2.24, 2.45) is 11.1 Å². The second-order valence-corrected chi connectivity index (χ2v) is 4.81. The third kappa shape index (κ3) is 3.78. The van der Waals surface area contributed by atoms with Gasteiger partial charge in [0.25, 0.3) is 5.91 Å². The van der Waals surface area contributed by atoms with Crippen molar-refractivity contribution in [2.45, 2.75) is 20.8 Å². The fourth-order valence-corrected chi connectivity index (χ4v) is 1.50. The zero-order valence-electron chi connectivity index (χ0n) is 10.7. The lowest BCUT2D eigenvalue weighted by Gasteiger charge is -2.31. The van der Waals surface area contributed by atoms with E-state index in [1.54, 1.807) is 4.90 Å². The Hall–Kier alpha value is -1.49. The molecule has 0 aromatic carbocycles. The van der Waals surface area contributed by atoms with Gasteiger partial charge in [-0.05, 0) is 18.9 Å². The van der Waals surface area contributed by atoms with E-state index in [-0.39, 0.29) is 11.3 Å². The monoisotopic (exact) mass is 236 g/mol. The minimum absolute atomic E-state index is 0.0466. The number of nitrogens with two attached hydrogens (primary N) is 1. The highest BCUT2D eigenvalue weighted by Gasteiger charge is 2.23. The van der Waals surface area contributed by atoms with Gasteiger partial charge in [-0.25, -0.2) is 9.97 Å². The molecule has 2 N–H and O–H groups in total. The van der Waals surface area contributed by atoms with Crippen LogP contribution in [0.4, 0.5) is 0 Å². The molecular formula is C12H20N4O. The summed E-state index contributed by atoms with van der Waals surface area (Å²) in [6.07, 6.45) is 4.48. The van der Waals surface area contributed by atoms with Gasteiger partial charge in [-0.2, -0.15) is 0 Å². The van der Waals surface area contributed by atoms with Crippen molar-refractivity contribution < 1.29 is 4.79 Å². The zero-order chi connectivity index (χ0) is 12.9. The van der Waals surface area contributed by atoms with Crippen LogP contribution in [0.5, 0.6) is 0 Å². The summed E-state index contributed by atoms with van der Waals surface area (Å²) in [5.41, 5.74) is 6.12. The number of rotatable bonds is 5. The van der Waals surface area contributed by atoms with Gasteiger partial charge in [-0.1, -0.05) is 13.8 Å². The van der Waals surface area contributed by atoms with Gasteiger partial charge in [-0.15, -0.1) is 0 Å². The lowest BCUT2D eigenvalue weighted by Crippen LogP contribution is -2.42. The minimum Gasteiger partial charge on any atom is -0.338 e. The average Bonchev–Trinajstić information content (AvgIpc) is 2.36. The van der Waals surface area contributed by atoms with E-state index in [1.807, 2.05) is 20.8 Å². The molecule has 0 bridgehead atoms. The molecule has 0 aliphatic heterocycles. The molecule has 5 heteroatoms. The lowest BCUT2D eigenvalue weighted by atomic mass is 9.93.